The van der Waals surface area contributed by atoms with Gasteiger partial charge in [0.15, 0.2) is 11.5 Å². The Kier molecular flexibility index (Phi) is 6.48. The molecule has 0 aliphatic carbocycles. The first-order valence-electron chi connectivity index (χ1n) is 6.86. The fraction of sp³-hybridized carbons (Fsp3) is 0.533. The molecule has 0 heterocycles. The lowest BCUT2D eigenvalue weighted by Gasteiger charge is -2.19. The molecule has 0 saturated carbocycles. The first-order chi connectivity index (χ1) is 9.77. The number of phenols is 1. The summed E-state index contributed by atoms with van der Waals surface area (Å²) in [6.45, 7) is 6.93. The van der Waals surface area contributed by atoms with E-state index in [1.807, 2.05) is 13.0 Å². The van der Waals surface area contributed by atoms with Gasteiger partial charge in [0.2, 0.25) is 0 Å². The van der Waals surface area contributed by atoms with Crippen molar-refractivity contribution in [3.05, 3.63) is 22.2 Å². The molecule has 0 saturated heterocycles. The minimum atomic E-state index is -0.796. The van der Waals surface area contributed by atoms with Crippen LogP contribution in [-0.2, 0) is 11.3 Å². The molecule has 0 bridgehead atoms. The Morgan fingerprint density at radius 1 is 1.43 bits per heavy atom. The minimum Gasteiger partial charge on any atom is -0.503 e. The minimum absolute atomic E-state index is 0.0904. The Hall–Kier alpha value is -1.27. The summed E-state index contributed by atoms with van der Waals surface area (Å²) in [7, 11) is 0. The SMILES string of the molecule is CCOc1cc(CNCCC(C)(C)C(=O)O)cc(Br)c1O. The summed E-state index contributed by atoms with van der Waals surface area (Å²) in [5.41, 5.74) is 0.218. The molecule has 1 aromatic rings. The first kappa shape index (κ1) is 17.8. The lowest BCUT2D eigenvalue weighted by atomic mass is 9.90. The van der Waals surface area contributed by atoms with Crippen LogP contribution in [0.3, 0.4) is 0 Å². The van der Waals surface area contributed by atoms with E-state index in [-0.39, 0.29) is 5.75 Å². The lowest BCUT2D eigenvalue weighted by Crippen LogP contribution is -2.28. The molecule has 1 aromatic carbocycles. The molecule has 0 aliphatic heterocycles. The van der Waals surface area contributed by atoms with Gasteiger partial charge < -0.3 is 20.3 Å². The second-order valence-electron chi connectivity index (χ2n) is 5.47. The third-order valence-corrected chi connectivity index (χ3v) is 3.83. The Morgan fingerprint density at radius 2 is 2.10 bits per heavy atom. The molecule has 21 heavy (non-hydrogen) atoms. The summed E-state index contributed by atoms with van der Waals surface area (Å²) in [5.74, 6) is -0.266. The van der Waals surface area contributed by atoms with Crippen LogP contribution in [0.25, 0.3) is 0 Å². The smallest absolute Gasteiger partial charge is 0.309 e. The van der Waals surface area contributed by atoms with Crippen LogP contribution < -0.4 is 10.1 Å². The number of ether oxygens (including phenoxy) is 1. The van der Waals surface area contributed by atoms with E-state index in [4.69, 9.17) is 9.84 Å². The highest BCUT2D eigenvalue weighted by Crippen LogP contribution is 2.35. The van der Waals surface area contributed by atoms with E-state index >= 15 is 0 Å². The topological polar surface area (TPSA) is 78.8 Å². The Morgan fingerprint density at radius 3 is 2.67 bits per heavy atom. The number of benzene rings is 1. The highest BCUT2D eigenvalue weighted by Gasteiger charge is 2.26. The number of carboxylic acids is 1. The van der Waals surface area contributed by atoms with Crippen LogP contribution in [0.1, 0.15) is 32.8 Å². The zero-order valence-electron chi connectivity index (χ0n) is 12.6. The molecular formula is C15H22BrNO4. The van der Waals surface area contributed by atoms with Gasteiger partial charge in [0.1, 0.15) is 0 Å². The van der Waals surface area contributed by atoms with Gasteiger partial charge >= 0.3 is 5.97 Å². The van der Waals surface area contributed by atoms with E-state index in [0.717, 1.165) is 5.56 Å². The van der Waals surface area contributed by atoms with Crippen molar-refractivity contribution in [2.75, 3.05) is 13.2 Å². The van der Waals surface area contributed by atoms with Gasteiger partial charge in [-0.1, -0.05) is 0 Å². The van der Waals surface area contributed by atoms with Crippen molar-refractivity contribution in [3.63, 3.8) is 0 Å². The third kappa shape index (κ3) is 5.21. The summed E-state index contributed by atoms with van der Waals surface area (Å²) in [5, 5.41) is 22.1. The van der Waals surface area contributed by atoms with Crippen molar-refractivity contribution in [2.45, 2.75) is 33.7 Å². The number of nitrogens with one attached hydrogen (secondary N) is 1. The van der Waals surface area contributed by atoms with Crippen molar-refractivity contribution in [3.8, 4) is 11.5 Å². The number of aromatic hydroxyl groups is 1. The fourth-order valence-electron chi connectivity index (χ4n) is 1.74. The van der Waals surface area contributed by atoms with E-state index in [1.54, 1.807) is 19.9 Å². The predicted octanol–water partition coefficient (Wildman–Crippen LogP) is 3.14. The zero-order valence-corrected chi connectivity index (χ0v) is 14.2. The predicted molar refractivity (Wildman–Crippen MR) is 84.7 cm³/mol. The number of aliphatic carboxylic acids is 1. The maximum Gasteiger partial charge on any atom is 0.309 e. The van der Waals surface area contributed by atoms with E-state index in [0.29, 0.717) is 36.3 Å². The molecule has 0 radical (unpaired) electrons. The van der Waals surface area contributed by atoms with Crippen molar-refractivity contribution < 1.29 is 19.7 Å². The molecule has 118 valence electrons. The molecule has 3 N–H and O–H groups in total. The Balaban J connectivity index is 2.58. The van der Waals surface area contributed by atoms with Gasteiger partial charge in [0.25, 0.3) is 0 Å². The maximum absolute atomic E-state index is 11.0. The number of halogens is 1. The molecule has 0 fully saturated rings. The molecule has 5 nitrogen and oxygen atoms in total. The van der Waals surface area contributed by atoms with Crippen LogP contribution in [0.4, 0.5) is 0 Å². The summed E-state index contributed by atoms with van der Waals surface area (Å²) in [4.78, 5) is 11.0. The molecule has 0 unspecified atom stereocenters. The number of carbonyl (C=O) groups is 1. The van der Waals surface area contributed by atoms with Gasteiger partial charge in [-0.2, -0.15) is 0 Å². The van der Waals surface area contributed by atoms with Gasteiger partial charge in [0, 0.05) is 6.54 Å². The van der Waals surface area contributed by atoms with Crippen LogP contribution in [0.15, 0.2) is 16.6 Å². The van der Waals surface area contributed by atoms with Crippen molar-refractivity contribution in [1.29, 1.82) is 0 Å². The van der Waals surface area contributed by atoms with Crippen LogP contribution in [-0.4, -0.2) is 29.3 Å². The molecule has 6 heteroatoms. The van der Waals surface area contributed by atoms with E-state index in [9.17, 15) is 9.90 Å². The zero-order chi connectivity index (χ0) is 16.0. The van der Waals surface area contributed by atoms with Crippen LogP contribution in [0, 0.1) is 5.41 Å². The number of hydrogen-bond acceptors (Lipinski definition) is 4. The van der Waals surface area contributed by atoms with Crippen molar-refractivity contribution >= 4 is 21.9 Å². The van der Waals surface area contributed by atoms with Crippen molar-refractivity contribution in [2.24, 2.45) is 5.41 Å². The first-order valence-corrected chi connectivity index (χ1v) is 7.65. The molecular weight excluding hydrogens is 338 g/mol. The van der Waals surface area contributed by atoms with Gasteiger partial charge in [-0.15, -0.1) is 0 Å². The monoisotopic (exact) mass is 359 g/mol. The summed E-state index contributed by atoms with van der Waals surface area (Å²) in [6.07, 6.45) is 0.542. The largest absolute Gasteiger partial charge is 0.503 e. The van der Waals surface area contributed by atoms with E-state index < -0.39 is 11.4 Å². The van der Waals surface area contributed by atoms with E-state index in [1.165, 1.54) is 0 Å². The number of rotatable bonds is 8. The summed E-state index contributed by atoms with van der Waals surface area (Å²) < 4.78 is 5.94. The molecule has 0 amide bonds. The third-order valence-electron chi connectivity index (χ3n) is 3.22. The van der Waals surface area contributed by atoms with Crippen LogP contribution >= 0.6 is 15.9 Å². The van der Waals surface area contributed by atoms with Crippen LogP contribution in [0.5, 0.6) is 11.5 Å². The highest BCUT2D eigenvalue weighted by molar-refractivity contribution is 9.10. The molecule has 1 rings (SSSR count). The second-order valence-corrected chi connectivity index (χ2v) is 6.33. The molecule has 0 aliphatic rings. The highest BCUT2D eigenvalue weighted by atomic mass is 79.9. The molecule has 0 aromatic heterocycles. The number of carboxylic acid groups (broad SMARTS) is 1. The molecule has 0 atom stereocenters. The lowest BCUT2D eigenvalue weighted by molar-refractivity contribution is -0.147. The quantitative estimate of drug-likeness (QED) is 0.621. The Labute approximate surface area is 133 Å². The van der Waals surface area contributed by atoms with Gasteiger partial charge in [0.05, 0.1) is 16.5 Å². The van der Waals surface area contributed by atoms with Gasteiger partial charge in [-0.3, -0.25) is 4.79 Å². The maximum atomic E-state index is 11.0. The average Bonchev–Trinajstić information content (AvgIpc) is 2.40. The van der Waals surface area contributed by atoms with E-state index in [2.05, 4.69) is 21.2 Å². The van der Waals surface area contributed by atoms with Crippen molar-refractivity contribution in [1.82, 2.24) is 5.32 Å². The van der Waals surface area contributed by atoms with Crippen LogP contribution in [0.2, 0.25) is 0 Å². The molecule has 0 spiro atoms. The number of phenolic OH excluding ortho intramolecular Hbond substituents is 1. The number of hydrogen-bond donors (Lipinski definition) is 3. The second kappa shape index (κ2) is 7.66. The summed E-state index contributed by atoms with van der Waals surface area (Å²) >= 11 is 3.29. The normalized spacial score (nSPS) is 11.4. The summed E-state index contributed by atoms with van der Waals surface area (Å²) in [6, 6.07) is 3.59. The standard InChI is InChI=1S/C15H22BrNO4/c1-4-21-12-8-10(7-11(16)13(12)18)9-17-6-5-15(2,3)14(19)20/h7-8,17-18H,4-6,9H2,1-3H3,(H,19,20). The fourth-order valence-corrected chi connectivity index (χ4v) is 2.22. The van der Waals surface area contributed by atoms with Gasteiger partial charge in [-0.25, -0.2) is 0 Å². The average molecular weight is 360 g/mol. The Bertz CT molecular complexity index is 503. The van der Waals surface area contributed by atoms with Gasteiger partial charge in [-0.05, 0) is 67.4 Å².